The molecule has 0 spiro atoms. The van der Waals surface area contributed by atoms with E-state index in [1.807, 2.05) is 22.7 Å². The van der Waals surface area contributed by atoms with Crippen molar-refractivity contribution >= 4 is 11.6 Å². The molecule has 0 radical (unpaired) electrons. The Kier molecular flexibility index (Phi) is 5.10. The van der Waals surface area contributed by atoms with Gasteiger partial charge in [-0.1, -0.05) is 18.2 Å². The first-order chi connectivity index (χ1) is 13.8. The molecule has 0 N–H and O–H groups in total. The lowest BCUT2D eigenvalue weighted by atomic mass is 9.91. The molecule has 0 bridgehead atoms. The Balaban J connectivity index is 1.41. The number of hydrogen-bond donors (Lipinski definition) is 0. The van der Waals surface area contributed by atoms with E-state index in [9.17, 15) is 18.0 Å². The quantitative estimate of drug-likeness (QED) is 0.655. The van der Waals surface area contributed by atoms with E-state index >= 15 is 0 Å². The van der Waals surface area contributed by atoms with Crippen LogP contribution in [-0.4, -0.2) is 38.1 Å². The maximum Gasteiger partial charge on any atom is 0.416 e. The predicted molar refractivity (Wildman–Crippen MR) is 103 cm³/mol. The number of aryl methyl sites for hydroxylation is 2. The van der Waals surface area contributed by atoms with Gasteiger partial charge in [-0.2, -0.15) is 18.3 Å². The second kappa shape index (κ2) is 7.57. The molecule has 3 heterocycles. The van der Waals surface area contributed by atoms with Gasteiger partial charge < -0.3 is 9.47 Å². The third-order valence-corrected chi connectivity index (χ3v) is 5.67. The predicted octanol–water partition coefficient (Wildman–Crippen LogP) is 4.18. The third kappa shape index (κ3) is 4.02. The smallest absolute Gasteiger partial charge is 0.338 e. The van der Waals surface area contributed by atoms with Crippen molar-refractivity contribution in [2.45, 2.75) is 31.9 Å². The van der Waals surface area contributed by atoms with Crippen molar-refractivity contribution < 1.29 is 18.0 Å². The highest BCUT2D eigenvalue weighted by Crippen LogP contribution is 2.30. The van der Waals surface area contributed by atoms with E-state index in [-0.39, 0.29) is 11.8 Å². The number of benzene rings is 1. The molecule has 1 aromatic carbocycles. The fourth-order valence-electron chi connectivity index (χ4n) is 4.13. The monoisotopic (exact) mass is 404 g/mol. The minimum absolute atomic E-state index is 0.0365. The Morgan fingerprint density at radius 3 is 2.90 bits per heavy atom. The van der Waals surface area contributed by atoms with Crippen LogP contribution in [0.15, 0.2) is 42.9 Å². The molecule has 1 amide bonds. The fraction of sp³-hybridized carbons (Fsp3) is 0.429. The molecule has 154 valence electrons. The molecule has 1 atom stereocenters. The van der Waals surface area contributed by atoms with Gasteiger partial charge in [0.05, 0.1) is 11.8 Å². The molecule has 4 rings (SSSR count). The molecule has 8 heteroatoms. The molecule has 29 heavy (non-hydrogen) atoms. The van der Waals surface area contributed by atoms with Crippen molar-refractivity contribution in [3.63, 3.8) is 0 Å². The molecule has 2 aromatic heterocycles. The summed E-state index contributed by atoms with van der Waals surface area (Å²) >= 11 is 0. The number of aromatic nitrogens is 3. The van der Waals surface area contributed by atoms with Gasteiger partial charge in [-0.05, 0) is 43.2 Å². The van der Waals surface area contributed by atoms with Crippen molar-refractivity contribution in [1.82, 2.24) is 19.1 Å². The van der Waals surface area contributed by atoms with Crippen LogP contribution in [0, 0.1) is 5.92 Å². The molecule has 1 saturated heterocycles. The van der Waals surface area contributed by atoms with Crippen LogP contribution < -0.4 is 0 Å². The number of piperidine rings is 1. The zero-order valence-corrected chi connectivity index (χ0v) is 16.2. The summed E-state index contributed by atoms with van der Waals surface area (Å²) in [5.74, 6) is 0.243. The number of hydrogen-bond acceptors (Lipinski definition) is 2. The van der Waals surface area contributed by atoms with E-state index in [0.29, 0.717) is 30.6 Å². The number of alkyl halides is 3. The number of fused-ring (bicyclic) bond motifs is 1. The van der Waals surface area contributed by atoms with Crippen LogP contribution in [0.2, 0.25) is 0 Å². The van der Waals surface area contributed by atoms with E-state index in [1.54, 1.807) is 23.0 Å². The van der Waals surface area contributed by atoms with E-state index < -0.39 is 11.7 Å². The van der Waals surface area contributed by atoms with Crippen molar-refractivity contribution in [2.75, 3.05) is 13.1 Å². The van der Waals surface area contributed by atoms with Crippen molar-refractivity contribution in [3.05, 3.63) is 59.5 Å². The van der Waals surface area contributed by atoms with Gasteiger partial charge in [0.1, 0.15) is 11.2 Å². The molecule has 1 aliphatic heterocycles. The second-order valence-electron chi connectivity index (χ2n) is 7.73. The summed E-state index contributed by atoms with van der Waals surface area (Å²) in [4.78, 5) is 14.9. The van der Waals surface area contributed by atoms with Gasteiger partial charge in [-0.25, -0.2) is 4.52 Å². The summed E-state index contributed by atoms with van der Waals surface area (Å²) in [6, 6.07) is 5.52. The Morgan fingerprint density at radius 1 is 1.28 bits per heavy atom. The lowest BCUT2D eigenvalue weighted by Gasteiger charge is -2.32. The Bertz CT molecular complexity index is 1020. The third-order valence-electron chi connectivity index (χ3n) is 5.67. The highest BCUT2D eigenvalue weighted by Gasteiger charge is 2.31. The van der Waals surface area contributed by atoms with Crippen LogP contribution in [0.3, 0.4) is 0 Å². The average molecular weight is 404 g/mol. The highest BCUT2D eigenvalue weighted by atomic mass is 19.4. The summed E-state index contributed by atoms with van der Waals surface area (Å²) in [5, 5.41) is 4.23. The summed E-state index contributed by atoms with van der Waals surface area (Å²) in [6.45, 7) is 1.32. The van der Waals surface area contributed by atoms with E-state index in [0.717, 1.165) is 31.0 Å². The Morgan fingerprint density at radius 2 is 2.10 bits per heavy atom. The maximum atomic E-state index is 13.0. The zero-order valence-electron chi connectivity index (χ0n) is 16.2. The molecular formula is C21H23F3N4O. The Hall–Kier alpha value is -2.77. The molecule has 0 saturated carbocycles. The lowest BCUT2D eigenvalue weighted by Crippen LogP contribution is -2.40. The highest BCUT2D eigenvalue weighted by molar-refractivity contribution is 5.99. The average Bonchev–Trinajstić information content (AvgIpc) is 3.29. The van der Waals surface area contributed by atoms with Crippen LogP contribution in [0.4, 0.5) is 13.2 Å². The first kappa shape index (κ1) is 19.5. The molecule has 0 aliphatic carbocycles. The summed E-state index contributed by atoms with van der Waals surface area (Å²) in [6.07, 6.45) is 4.16. The van der Waals surface area contributed by atoms with Gasteiger partial charge in [0.25, 0.3) is 5.91 Å². The number of imidazole rings is 1. The number of amides is 1. The summed E-state index contributed by atoms with van der Waals surface area (Å²) in [7, 11) is 1.88. The van der Waals surface area contributed by atoms with E-state index in [1.165, 1.54) is 12.1 Å². The van der Waals surface area contributed by atoms with Crippen LogP contribution in [0.1, 0.15) is 40.7 Å². The number of nitrogens with zero attached hydrogens (tertiary/aromatic N) is 4. The topological polar surface area (TPSA) is 42.5 Å². The van der Waals surface area contributed by atoms with Crippen LogP contribution in [0.25, 0.3) is 5.65 Å². The van der Waals surface area contributed by atoms with Gasteiger partial charge in [-0.15, -0.1) is 0 Å². The maximum absolute atomic E-state index is 13.0. The van der Waals surface area contributed by atoms with Gasteiger partial charge >= 0.3 is 6.18 Å². The summed E-state index contributed by atoms with van der Waals surface area (Å²) < 4.78 is 42.3. The number of carbonyl (C=O) groups is 1. The standard InChI is InChI=1S/C21H23F3N4O/c1-26-10-11-28-19(26)18(13-25-28)20(29)27-9-3-5-16(14-27)8-7-15-4-2-6-17(12-15)21(22,23)24/h2,4,6,10-13,16H,3,5,7-9,14H2,1H3/t16-/m0/s1. The normalized spacial score (nSPS) is 17.8. The van der Waals surface area contributed by atoms with Crippen LogP contribution in [0.5, 0.6) is 0 Å². The minimum atomic E-state index is -4.32. The van der Waals surface area contributed by atoms with Crippen molar-refractivity contribution in [1.29, 1.82) is 0 Å². The van der Waals surface area contributed by atoms with E-state index in [4.69, 9.17) is 0 Å². The molecule has 0 unspecified atom stereocenters. The first-order valence-electron chi connectivity index (χ1n) is 9.77. The molecule has 1 aliphatic rings. The van der Waals surface area contributed by atoms with Gasteiger partial charge in [-0.3, -0.25) is 4.79 Å². The van der Waals surface area contributed by atoms with Gasteiger partial charge in [0.15, 0.2) is 0 Å². The van der Waals surface area contributed by atoms with Gasteiger partial charge in [0.2, 0.25) is 0 Å². The molecule has 1 fully saturated rings. The summed E-state index contributed by atoms with van der Waals surface area (Å²) in [5.41, 5.74) is 1.42. The molecule has 3 aromatic rings. The van der Waals surface area contributed by atoms with Crippen molar-refractivity contribution in [2.24, 2.45) is 13.0 Å². The number of carbonyl (C=O) groups excluding carboxylic acids is 1. The minimum Gasteiger partial charge on any atom is -0.338 e. The largest absolute Gasteiger partial charge is 0.416 e. The second-order valence-corrected chi connectivity index (χ2v) is 7.73. The van der Waals surface area contributed by atoms with Gasteiger partial charge in [0, 0.05) is 32.5 Å². The van der Waals surface area contributed by atoms with Crippen molar-refractivity contribution in [3.8, 4) is 0 Å². The lowest BCUT2D eigenvalue weighted by molar-refractivity contribution is -0.137. The number of likely N-dealkylation sites (tertiary alicyclic amines) is 1. The fourth-order valence-corrected chi connectivity index (χ4v) is 4.13. The zero-order chi connectivity index (χ0) is 20.6. The SMILES string of the molecule is Cn1ccn2ncc(C(=O)N3CCC[C@@H](CCc4cccc(C(F)(F)F)c4)C3)c12. The number of halogens is 3. The molecular weight excluding hydrogens is 381 g/mol. The molecule has 5 nitrogen and oxygen atoms in total. The number of rotatable bonds is 4. The van der Waals surface area contributed by atoms with Crippen LogP contribution >= 0.6 is 0 Å². The Labute approximate surface area is 166 Å². The first-order valence-corrected chi connectivity index (χ1v) is 9.77. The van der Waals surface area contributed by atoms with Crippen LogP contribution in [-0.2, 0) is 19.6 Å². The van der Waals surface area contributed by atoms with E-state index in [2.05, 4.69) is 5.10 Å².